The smallest absolute Gasteiger partial charge is 0.341 e. The number of carbonyl (C=O) groups is 1. The van der Waals surface area contributed by atoms with Crippen LogP contribution in [0.5, 0.6) is 0 Å². The summed E-state index contributed by atoms with van der Waals surface area (Å²) in [7, 11) is 0. The van der Waals surface area contributed by atoms with Gasteiger partial charge >= 0.3 is 6.18 Å². The van der Waals surface area contributed by atoms with Gasteiger partial charge in [0.05, 0.1) is 12.0 Å². The molecule has 0 aromatic heterocycles. The molecule has 1 aliphatic heterocycles. The highest BCUT2D eigenvalue weighted by Gasteiger charge is 2.41. The van der Waals surface area contributed by atoms with E-state index >= 15 is 0 Å². The molecule has 0 aromatic rings. The van der Waals surface area contributed by atoms with Gasteiger partial charge in [0.25, 0.3) is 0 Å². The first-order valence-electron chi connectivity index (χ1n) is 5.97. The maximum absolute atomic E-state index is 12.4. The lowest BCUT2D eigenvalue weighted by Crippen LogP contribution is -2.48. The molecule has 0 saturated carbocycles. The summed E-state index contributed by atoms with van der Waals surface area (Å²) in [5.74, 6) is -1.48. The minimum atomic E-state index is -4.14. The van der Waals surface area contributed by atoms with Crippen molar-refractivity contribution in [1.29, 1.82) is 0 Å². The first kappa shape index (κ1) is 14.3. The first-order chi connectivity index (χ1) is 7.86. The van der Waals surface area contributed by atoms with Crippen molar-refractivity contribution in [3.8, 4) is 0 Å². The van der Waals surface area contributed by atoms with Crippen molar-refractivity contribution in [2.75, 3.05) is 13.1 Å². The highest BCUT2D eigenvalue weighted by molar-refractivity contribution is 5.81. The molecule has 0 bridgehead atoms. The monoisotopic (exact) mass is 252 g/mol. The zero-order valence-corrected chi connectivity index (χ0v) is 9.96. The van der Waals surface area contributed by atoms with Crippen molar-refractivity contribution in [1.82, 2.24) is 4.90 Å². The fourth-order valence-corrected chi connectivity index (χ4v) is 2.10. The molecule has 0 aromatic carbocycles. The number of nitrogens with zero attached hydrogens (tertiary/aromatic N) is 1. The average molecular weight is 252 g/mol. The van der Waals surface area contributed by atoms with Crippen LogP contribution in [0.4, 0.5) is 13.2 Å². The quantitative estimate of drug-likeness (QED) is 0.834. The molecular formula is C11H19F3N2O. The van der Waals surface area contributed by atoms with Crippen molar-refractivity contribution in [3.05, 3.63) is 0 Å². The molecule has 1 aliphatic rings. The van der Waals surface area contributed by atoms with Gasteiger partial charge in [-0.2, -0.15) is 13.2 Å². The van der Waals surface area contributed by atoms with Crippen molar-refractivity contribution in [2.45, 2.75) is 44.8 Å². The highest BCUT2D eigenvalue weighted by Crippen LogP contribution is 2.34. The largest absolute Gasteiger partial charge is 0.391 e. The number of rotatable bonds is 3. The Bertz CT molecular complexity index is 260. The summed E-state index contributed by atoms with van der Waals surface area (Å²) >= 11 is 0. The number of alkyl halides is 3. The van der Waals surface area contributed by atoms with E-state index in [-0.39, 0.29) is 31.8 Å². The number of hydrogen-bond acceptors (Lipinski definition) is 2. The van der Waals surface area contributed by atoms with Crippen LogP contribution in [0.25, 0.3) is 0 Å². The highest BCUT2D eigenvalue weighted by atomic mass is 19.4. The molecule has 3 nitrogen and oxygen atoms in total. The second-order valence-corrected chi connectivity index (χ2v) is 4.54. The Balaban J connectivity index is 2.44. The van der Waals surface area contributed by atoms with Gasteiger partial charge in [0.1, 0.15) is 0 Å². The van der Waals surface area contributed by atoms with E-state index in [1.165, 1.54) is 4.90 Å². The van der Waals surface area contributed by atoms with Crippen LogP contribution in [0.3, 0.4) is 0 Å². The molecule has 0 unspecified atom stereocenters. The molecule has 1 heterocycles. The summed E-state index contributed by atoms with van der Waals surface area (Å²) in [6.45, 7) is 2.25. The number of hydrogen-bond donors (Lipinski definition) is 1. The summed E-state index contributed by atoms with van der Waals surface area (Å²) in [6, 6.07) is -0.567. The van der Waals surface area contributed by atoms with Crippen molar-refractivity contribution in [2.24, 2.45) is 11.7 Å². The fraction of sp³-hybridized carbons (Fsp3) is 0.909. The van der Waals surface area contributed by atoms with E-state index in [4.69, 9.17) is 5.73 Å². The molecule has 17 heavy (non-hydrogen) atoms. The number of halogens is 3. The molecule has 100 valence electrons. The second-order valence-electron chi connectivity index (χ2n) is 4.54. The minimum Gasteiger partial charge on any atom is -0.341 e. The van der Waals surface area contributed by atoms with Crippen LogP contribution < -0.4 is 5.73 Å². The van der Waals surface area contributed by atoms with Gasteiger partial charge in [-0.1, -0.05) is 13.3 Å². The van der Waals surface area contributed by atoms with E-state index in [1.54, 1.807) is 0 Å². The third-order valence-electron chi connectivity index (χ3n) is 3.19. The Hall–Kier alpha value is -0.780. The molecule has 1 amide bonds. The third kappa shape index (κ3) is 3.87. The zero-order chi connectivity index (χ0) is 13.1. The zero-order valence-electron chi connectivity index (χ0n) is 9.96. The SMILES string of the molecule is CCC[C@@H](N)C(=O)N1CCC(C(F)(F)F)CC1. The predicted molar refractivity (Wildman–Crippen MR) is 58.2 cm³/mol. The molecule has 0 spiro atoms. The van der Waals surface area contributed by atoms with Gasteiger partial charge in [0.2, 0.25) is 5.91 Å². The molecule has 6 heteroatoms. The first-order valence-corrected chi connectivity index (χ1v) is 5.97. The standard InChI is InChI=1S/C11H19F3N2O/c1-2-3-9(15)10(17)16-6-4-8(5-7-16)11(12,13)14/h8-9H,2-7,15H2,1H3/t9-/m1/s1. The Morgan fingerprint density at radius 2 is 1.94 bits per heavy atom. The van der Waals surface area contributed by atoms with Crippen LogP contribution in [-0.2, 0) is 4.79 Å². The molecule has 1 fully saturated rings. The van der Waals surface area contributed by atoms with E-state index < -0.39 is 18.1 Å². The Kier molecular flexibility index (Phi) is 4.80. The van der Waals surface area contributed by atoms with Gasteiger partial charge < -0.3 is 10.6 Å². The lowest BCUT2D eigenvalue weighted by atomic mass is 9.95. The van der Waals surface area contributed by atoms with Gasteiger partial charge in [0, 0.05) is 13.1 Å². The lowest BCUT2D eigenvalue weighted by molar-refractivity contribution is -0.186. The number of carbonyl (C=O) groups excluding carboxylic acids is 1. The van der Waals surface area contributed by atoms with Crippen molar-refractivity contribution in [3.63, 3.8) is 0 Å². The number of nitrogens with two attached hydrogens (primary N) is 1. The van der Waals surface area contributed by atoms with Gasteiger partial charge in [-0.25, -0.2) is 0 Å². The van der Waals surface area contributed by atoms with Gasteiger partial charge in [-0.05, 0) is 19.3 Å². The summed E-state index contributed by atoms with van der Waals surface area (Å²) in [6.07, 6.45) is -2.77. The van der Waals surface area contributed by atoms with E-state index in [2.05, 4.69) is 0 Å². The summed E-state index contributed by atoms with van der Waals surface area (Å²) in [5.41, 5.74) is 5.67. The van der Waals surface area contributed by atoms with Gasteiger partial charge in [0.15, 0.2) is 0 Å². The third-order valence-corrected chi connectivity index (χ3v) is 3.19. The van der Waals surface area contributed by atoms with Crippen LogP contribution in [0.15, 0.2) is 0 Å². The normalized spacial score (nSPS) is 20.4. The summed E-state index contributed by atoms with van der Waals surface area (Å²) in [5, 5.41) is 0. The van der Waals surface area contributed by atoms with Crippen LogP contribution >= 0.6 is 0 Å². The molecular weight excluding hydrogens is 233 g/mol. The van der Waals surface area contributed by atoms with Crippen LogP contribution in [0, 0.1) is 5.92 Å². The summed E-state index contributed by atoms with van der Waals surface area (Å²) in [4.78, 5) is 13.2. The average Bonchev–Trinajstić information content (AvgIpc) is 2.27. The lowest BCUT2D eigenvalue weighted by Gasteiger charge is -2.34. The fourth-order valence-electron chi connectivity index (χ4n) is 2.10. The number of likely N-dealkylation sites (tertiary alicyclic amines) is 1. The summed E-state index contributed by atoms with van der Waals surface area (Å²) < 4.78 is 37.3. The molecule has 0 radical (unpaired) electrons. The van der Waals surface area contributed by atoms with Crippen LogP contribution in [0.2, 0.25) is 0 Å². The Labute approximate surface area is 99.1 Å². The molecule has 0 aliphatic carbocycles. The number of piperidine rings is 1. The van der Waals surface area contributed by atoms with Crippen molar-refractivity contribution < 1.29 is 18.0 Å². The molecule has 2 N–H and O–H groups in total. The topological polar surface area (TPSA) is 46.3 Å². The number of amides is 1. The molecule has 1 rings (SSSR count). The maximum Gasteiger partial charge on any atom is 0.391 e. The molecule has 1 atom stereocenters. The van der Waals surface area contributed by atoms with Crippen LogP contribution in [-0.4, -0.2) is 36.1 Å². The van der Waals surface area contributed by atoms with E-state index in [0.717, 1.165) is 6.42 Å². The van der Waals surface area contributed by atoms with Crippen LogP contribution in [0.1, 0.15) is 32.6 Å². The Morgan fingerprint density at radius 3 is 2.35 bits per heavy atom. The van der Waals surface area contributed by atoms with E-state index in [1.807, 2.05) is 6.92 Å². The van der Waals surface area contributed by atoms with E-state index in [0.29, 0.717) is 6.42 Å². The van der Waals surface area contributed by atoms with Gasteiger partial charge in [-0.15, -0.1) is 0 Å². The van der Waals surface area contributed by atoms with Crippen molar-refractivity contribution >= 4 is 5.91 Å². The molecule has 1 saturated heterocycles. The minimum absolute atomic E-state index is 0.00587. The maximum atomic E-state index is 12.4. The van der Waals surface area contributed by atoms with Gasteiger partial charge in [-0.3, -0.25) is 4.79 Å². The predicted octanol–water partition coefficient (Wildman–Crippen LogP) is 1.91. The Morgan fingerprint density at radius 1 is 1.41 bits per heavy atom. The second kappa shape index (κ2) is 5.71. The van der Waals surface area contributed by atoms with E-state index in [9.17, 15) is 18.0 Å².